The largest absolute Gasteiger partial charge is 0.486 e. The summed E-state index contributed by atoms with van der Waals surface area (Å²) in [7, 11) is -4.04. The van der Waals surface area contributed by atoms with Crippen molar-refractivity contribution in [2.24, 2.45) is 0 Å². The van der Waals surface area contributed by atoms with E-state index in [0.29, 0.717) is 29.6 Å². The molecule has 2 aromatic heterocycles. The maximum atomic E-state index is 13.5. The van der Waals surface area contributed by atoms with Gasteiger partial charge < -0.3 is 19.2 Å². The Kier molecular flexibility index (Phi) is 5.32. The molecule has 10 heteroatoms. The number of rotatable bonds is 6. The molecule has 0 saturated carbocycles. The molecule has 0 bridgehead atoms. The fourth-order valence-electron chi connectivity index (χ4n) is 3.19. The minimum atomic E-state index is -4.04. The SMILES string of the molecule is O=S(=O)(c1ccc2c(c1)OCCO2)c1nc(-c2cccs2)oc1NCc1ccc(F)cc1. The zero-order valence-corrected chi connectivity index (χ0v) is 18.2. The first-order valence-corrected chi connectivity index (χ1v) is 12.0. The number of sulfone groups is 1. The zero-order chi connectivity index (χ0) is 22.1. The molecule has 0 atom stereocenters. The normalized spacial score (nSPS) is 13.2. The monoisotopic (exact) mass is 472 g/mol. The molecule has 0 spiro atoms. The summed E-state index contributed by atoms with van der Waals surface area (Å²) < 4.78 is 56.9. The summed E-state index contributed by atoms with van der Waals surface area (Å²) in [4.78, 5) is 5.01. The lowest BCUT2D eigenvalue weighted by Gasteiger charge is -2.18. The minimum Gasteiger partial charge on any atom is -0.486 e. The summed E-state index contributed by atoms with van der Waals surface area (Å²) >= 11 is 1.38. The van der Waals surface area contributed by atoms with Crippen molar-refractivity contribution in [1.29, 1.82) is 0 Å². The smallest absolute Gasteiger partial charge is 0.240 e. The van der Waals surface area contributed by atoms with Crippen molar-refractivity contribution in [2.45, 2.75) is 16.5 Å². The Balaban J connectivity index is 1.53. The van der Waals surface area contributed by atoms with Crippen LogP contribution >= 0.6 is 11.3 Å². The summed E-state index contributed by atoms with van der Waals surface area (Å²) in [5, 5.41) is 4.60. The Hall–Kier alpha value is -3.37. The van der Waals surface area contributed by atoms with Gasteiger partial charge in [0.1, 0.15) is 19.0 Å². The van der Waals surface area contributed by atoms with Crippen LogP contribution in [0.3, 0.4) is 0 Å². The van der Waals surface area contributed by atoms with E-state index in [1.54, 1.807) is 24.3 Å². The lowest BCUT2D eigenvalue weighted by atomic mass is 10.2. The third-order valence-electron chi connectivity index (χ3n) is 4.77. The molecule has 0 unspecified atom stereocenters. The van der Waals surface area contributed by atoms with E-state index in [4.69, 9.17) is 13.9 Å². The van der Waals surface area contributed by atoms with Crippen LogP contribution in [0.15, 0.2) is 74.3 Å². The molecular formula is C22H17FN2O5S2. The molecule has 1 aliphatic heterocycles. The Morgan fingerprint density at radius 3 is 2.56 bits per heavy atom. The number of anilines is 1. The van der Waals surface area contributed by atoms with Crippen molar-refractivity contribution < 1.29 is 26.7 Å². The fourth-order valence-corrected chi connectivity index (χ4v) is 5.14. The van der Waals surface area contributed by atoms with Gasteiger partial charge in [-0.25, -0.2) is 12.8 Å². The lowest BCUT2D eigenvalue weighted by Crippen LogP contribution is -2.16. The van der Waals surface area contributed by atoms with Gasteiger partial charge in [0.25, 0.3) is 0 Å². The molecule has 1 N–H and O–H groups in total. The molecule has 0 amide bonds. The van der Waals surface area contributed by atoms with Crippen LogP contribution in [-0.4, -0.2) is 26.6 Å². The molecule has 32 heavy (non-hydrogen) atoms. The molecule has 3 heterocycles. The quantitative estimate of drug-likeness (QED) is 0.433. The average molecular weight is 473 g/mol. The molecule has 1 aliphatic rings. The Labute approximate surface area is 187 Å². The molecule has 0 saturated heterocycles. The van der Waals surface area contributed by atoms with E-state index in [9.17, 15) is 12.8 Å². The highest BCUT2D eigenvalue weighted by atomic mass is 32.2. The number of aromatic nitrogens is 1. The maximum absolute atomic E-state index is 13.5. The van der Waals surface area contributed by atoms with Gasteiger partial charge in [-0.1, -0.05) is 18.2 Å². The van der Waals surface area contributed by atoms with E-state index in [1.807, 2.05) is 11.4 Å². The lowest BCUT2D eigenvalue weighted by molar-refractivity contribution is 0.171. The van der Waals surface area contributed by atoms with Gasteiger partial charge >= 0.3 is 0 Å². The van der Waals surface area contributed by atoms with Crippen molar-refractivity contribution in [1.82, 2.24) is 4.98 Å². The number of fused-ring (bicyclic) bond motifs is 1. The van der Waals surface area contributed by atoms with Gasteiger partial charge in [-0.2, -0.15) is 4.98 Å². The predicted octanol–water partition coefficient (Wildman–Crippen LogP) is 4.76. The first-order chi connectivity index (χ1) is 15.5. The number of oxazole rings is 1. The third-order valence-corrected chi connectivity index (χ3v) is 7.29. The minimum absolute atomic E-state index is 0.00705. The number of hydrogen-bond donors (Lipinski definition) is 1. The number of ether oxygens (including phenoxy) is 2. The van der Waals surface area contributed by atoms with Crippen LogP contribution in [0.1, 0.15) is 5.56 Å². The van der Waals surface area contributed by atoms with Crippen LogP contribution in [0.5, 0.6) is 11.5 Å². The molecule has 164 valence electrons. The van der Waals surface area contributed by atoms with Crippen molar-refractivity contribution >= 4 is 27.1 Å². The van der Waals surface area contributed by atoms with E-state index >= 15 is 0 Å². The number of benzene rings is 2. The highest BCUT2D eigenvalue weighted by molar-refractivity contribution is 7.91. The van der Waals surface area contributed by atoms with Crippen LogP contribution < -0.4 is 14.8 Å². The Bertz CT molecular complexity index is 1350. The molecule has 0 radical (unpaired) electrons. The molecule has 2 aromatic carbocycles. The predicted molar refractivity (Wildman–Crippen MR) is 116 cm³/mol. The molecule has 5 rings (SSSR count). The van der Waals surface area contributed by atoms with Crippen molar-refractivity contribution in [2.75, 3.05) is 18.5 Å². The third kappa shape index (κ3) is 3.94. The molecule has 7 nitrogen and oxygen atoms in total. The number of nitrogens with one attached hydrogen (secondary N) is 1. The second-order valence-electron chi connectivity index (χ2n) is 6.92. The first-order valence-electron chi connectivity index (χ1n) is 9.68. The van der Waals surface area contributed by atoms with Gasteiger partial charge in [0, 0.05) is 12.6 Å². The van der Waals surface area contributed by atoms with Gasteiger partial charge in [0.05, 0.1) is 9.77 Å². The second-order valence-corrected chi connectivity index (χ2v) is 9.73. The zero-order valence-electron chi connectivity index (χ0n) is 16.6. The van der Waals surface area contributed by atoms with Crippen LogP contribution in [-0.2, 0) is 16.4 Å². The molecule has 0 aliphatic carbocycles. The highest BCUT2D eigenvalue weighted by Crippen LogP contribution is 2.37. The summed E-state index contributed by atoms with van der Waals surface area (Å²) in [6.07, 6.45) is 0. The van der Waals surface area contributed by atoms with Crippen LogP contribution in [0.2, 0.25) is 0 Å². The van der Waals surface area contributed by atoms with Gasteiger partial charge in [-0.3, -0.25) is 0 Å². The summed E-state index contributed by atoms with van der Waals surface area (Å²) in [6, 6.07) is 13.9. The van der Waals surface area contributed by atoms with E-state index in [2.05, 4.69) is 10.3 Å². The van der Waals surface area contributed by atoms with E-state index in [0.717, 1.165) is 5.56 Å². The number of hydrogen-bond acceptors (Lipinski definition) is 8. The fraction of sp³-hybridized carbons (Fsp3) is 0.136. The van der Waals surface area contributed by atoms with Crippen LogP contribution in [0.4, 0.5) is 10.3 Å². The summed E-state index contributed by atoms with van der Waals surface area (Å²) in [6.45, 7) is 0.973. The van der Waals surface area contributed by atoms with E-state index in [-0.39, 0.29) is 34.1 Å². The molecular weight excluding hydrogens is 455 g/mol. The second kappa shape index (κ2) is 8.29. The number of thiophene rings is 1. The Morgan fingerprint density at radius 2 is 1.81 bits per heavy atom. The Morgan fingerprint density at radius 1 is 1.03 bits per heavy atom. The number of halogens is 1. The maximum Gasteiger partial charge on any atom is 0.240 e. The van der Waals surface area contributed by atoms with Crippen molar-refractivity contribution in [3.63, 3.8) is 0 Å². The van der Waals surface area contributed by atoms with Crippen LogP contribution in [0, 0.1) is 5.82 Å². The van der Waals surface area contributed by atoms with Gasteiger partial charge in [-0.05, 0) is 41.3 Å². The summed E-state index contributed by atoms with van der Waals surface area (Å²) in [5.74, 6) is 0.699. The number of nitrogens with zero attached hydrogens (tertiary/aromatic N) is 1. The van der Waals surface area contributed by atoms with Gasteiger partial charge in [0.15, 0.2) is 11.5 Å². The van der Waals surface area contributed by atoms with E-state index < -0.39 is 9.84 Å². The summed E-state index contributed by atoms with van der Waals surface area (Å²) in [5.41, 5.74) is 0.753. The topological polar surface area (TPSA) is 90.7 Å². The molecule has 4 aromatic rings. The first kappa shape index (κ1) is 20.5. The van der Waals surface area contributed by atoms with Gasteiger partial charge in [-0.15, -0.1) is 11.3 Å². The van der Waals surface area contributed by atoms with E-state index in [1.165, 1.54) is 35.6 Å². The van der Waals surface area contributed by atoms with Crippen molar-refractivity contribution in [3.05, 3.63) is 71.4 Å². The van der Waals surface area contributed by atoms with Gasteiger partial charge in [0.2, 0.25) is 26.6 Å². The average Bonchev–Trinajstić information content (AvgIpc) is 3.49. The van der Waals surface area contributed by atoms with Crippen molar-refractivity contribution in [3.8, 4) is 22.3 Å². The highest BCUT2D eigenvalue weighted by Gasteiger charge is 2.30. The molecule has 0 fully saturated rings. The standard InChI is InChI=1S/C22H17FN2O5S2/c23-15-5-3-14(4-6-15)13-24-21-22(25-20(30-21)19-2-1-11-31-19)32(26,27)16-7-8-17-18(12-16)29-10-9-28-17/h1-8,11-12,24H,9-10,13H2. The van der Waals surface area contributed by atoms with Crippen LogP contribution in [0.25, 0.3) is 10.8 Å².